The second-order valence-corrected chi connectivity index (χ2v) is 6.21. The van der Waals surface area contributed by atoms with Gasteiger partial charge in [-0.2, -0.15) is 8.78 Å². The van der Waals surface area contributed by atoms with E-state index in [1.54, 1.807) is 12.1 Å². The van der Waals surface area contributed by atoms with Crippen LogP contribution in [0.2, 0.25) is 0 Å². The normalized spacial score (nSPS) is 14.2. The first-order chi connectivity index (χ1) is 13.7. The van der Waals surface area contributed by atoms with Gasteiger partial charge in [-0.05, 0) is 18.6 Å². The minimum absolute atomic E-state index is 0.0820. The molecule has 1 aliphatic heterocycles. The van der Waals surface area contributed by atoms with Gasteiger partial charge in [-0.3, -0.25) is 0 Å². The van der Waals surface area contributed by atoms with E-state index in [4.69, 9.17) is 9.47 Å². The molecule has 0 spiro atoms. The Balaban J connectivity index is 1.69. The fraction of sp³-hybridized carbons (Fsp3) is 0.474. The van der Waals surface area contributed by atoms with Gasteiger partial charge in [0.25, 0.3) is 0 Å². The van der Waals surface area contributed by atoms with E-state index in [9.17, 15) is 8.78 Å². The van der Waals surface area contributed by atoms with E-state index in [0.717, 1.165) is 25.3 Å². The molecule has 2 heterocycles. The van der Waals surface area contributed by atoms with E-state index in [1.807, 2.05) is 13.0 Å². The molecule has 0 radical (unpaired) electrons. The van der Waals surface area contributed by atoms with Crippen molar-refractivity contribution in [1.29, 1.82) is 0 Å². The second-order valence-electron chi connectivity index (χ2n) is 6.21. The van der Waals surface area contributed by atoms with Crippen molar-refractivity contribution in [3.05, 3.63) is 36.2 Å². The van der Waals surface area contributed by atoms with Crippen LogP contribution in [0.25, 0.3) is 0 Å². The van der Waals surface area contributed by atoms with Crippen LogP contribution in [0.1, 0.15) is 18.9 Å². The van der Waals surface area contributed by atoms with E-state index in [-0.39, 0.29) is 12.3 Å². The largest absolute Gasteiger partial charge is 0.493 e. The Bertz CT molecular complexity index is 758. The number of nitrogens with zero attached hydrogens (tertiary/aromatic N) is 3. The van der Waals surface area contributed by atoms with Gasteiger partial charge in [0.05, 0.1) is 19.8 Å². The minimum Gasteiger partial charge on any atom is -0.493 e. The van der Waals surface area contributed by atoms with Crippen molar-refractivity contribution >= 4 is 11.6 Å². The molecule has 1 saturated heterocycles. The van der Waals surface area contributed by atoms with Crippen LogP contribution in [0.4, 0.5) is 20.4 Å². The van der Waals surface area contributed by atoms with Gasteiger partial charge in [-0.25, -0.2) is 9.97 Å². The smallest absolute Gasteiger partial charge is 0.387 e. The lowest BCUT2D eigenvalue weighted by Gasteiger charge is -2.27. The molecule has 0 saturated carbocycles. The van der Waals surface area contributed by atoms with Gasteiger partial charge in [0.15, 0.2) is 0 Å². The van der Waals surface area contributed by atoms with Crippen LogP contribution in [-0.4, -0.2) is 49.5 Å². The standard InChI is InChI=1S/C19H24F2N4O3/c1-2-7-27-15-4-3-14(16(10-15)28-19(20)21)12-22-17-11-18(24-13-23-17)25-5-8-26-9-6-25/h3-4,10-11,13,19H,2,5-9,12H2,1H3,(H,22,23,24). The predicted molar refractivity (Wildman–Crippen MR) is 101 cm³/mol. The quantitative estimate of drug-likeness (QED) is 0.700. The van der Waals surface area contributed by atoms with Crippen molar-refractivity contribution in [3.8, 4) is 11.5 Å². The summed E-state index contributed by atoms with van der Waals surface area (Å²) in [6.07, 6.45) is 2.30. The lowest BCUT2D eigenvalue weighted by atomic mass is 10.2. The molecule has 1 aromatic heterocycles. The van der Waals surface area contributed by atoms with Crippen LogP contribution in [0.5, 0.6) is 11.5 Å². The van der Waals surface area contributed by atoms with Crippen LogP contribution >= 0.6 is 0 Å². The maximum absolute atomic E-state index is 12.8. The zero-order chi connectivity index (χ0) is 19.8. The maximum atomic E-state index is 12.8. The highest BCUT2D eigenvalue weighted by molar-refractivity contribution is 5.50. The number of hydrogen-bond donors (Lipinski definition) is 1. The van der Waals surface area contributed by atoms with E-state index >= 15 is 0 Å². The molecule has 3 rings (SSSR count). The average molecular weight is 394 g/mol. The lowest BCUT2D eigenvalue weighted by molar-refractivity contribution is -0.0505. The van der Waals surface area contributed by atoms with Crippen LogP contribution < -0.4 is 19.7 Å². The molecule has 152 valence electrons. The number of morpholine rings is 1. The number of benzene rings is 1. The van der Waals surface area contributed by atoms with Crippen molar-refractivity contribution in [2.75, 3.05) is 43.1 Å². The molecule has 7 nitrogen and oxygen atoms in total. The summed E-state index contributed by atoms with van der Waals surface area (Å²) in [6, 6.07) is 6.76. The van der Waals surface area contributed by atoms with Crippen molar-refractivity contribution in [2.45, 2.75) is 26.5 Å². The third kappa shape index (κ3) is 5.66. The molecule has 0 atom stereocenters. The fourth-order valence-corrected chi connectivity index (χ4v) is 2.79. The Labute approximate surface area is 162 Å². The number of rotatable bonds is 9. The second kappa shape index (κ2) is 10.0. The maximum Gasteiger partial charge on any atom is 0.387 e. The zero-order valence-corrected chi connectivity index (χ0v) is 15.7. The number of ether oxygens (including phenoxy) is 3. The highest BCUT2D eigenvalue weighted by Gasteiger charge is 2.14. The molecule has 1 fully saturated rings. The van der Waals surface area contributed by atoms with Gasteiger partial charge < -0.3 is 24.4 Å². The fourth-order valence-electron chi connectivity index (χ4n) is 2.79. The molecule has 0 bridgehead atoms. The van der Waals surface area contributed by atoms with E-state index in [0.29, 0.717) is 37.0 Å². The zero-order valence-electron chi connectivity index (χ0n) is 15.7. The highest BCUT2D eigenvalue weighted by Crippen LogP contribution is 2.27. The monoisotopic (exact) mass is 394 g/mol. The Morgan fingerprint density at radius 3 is 2.79 bits per heavy atom. The van der Waals surface area contributed by atoms with Crippen LogP contribution in [0, 0.1) is 0 Å². The minimum atomic E-state index is -2.91. The van der Waals surface area contributed by atoms with Crippen molar-refractivity contribution in [3.63, 3.8) is 0 Å². The molecule has 28 heavy (non-hydrogen) atoms. The number of hydrogen-bond acceptors (Lipinski definition) is 7. The third-order valence-electron chi connectivity index (χ3n) is 4.18. The number of anilines is 2. The summed E-state index contributed by atoms with van der Waals surface area (Å²) in [5, 5.41) is 3.14. The molecule has 1 aliphatic rings. The molecular weight excluding hydrogens is 370 g/mol. The molecule has 1 aromatic carbocycles. The first-order valence-electron chi connectivity index (χ1n) is 9.25. The van der Waals surface area contributed by atoms with Crippen molar-refractivity contribution < 1.29 is 23.0 Å². The van der Waals surface area contributed by atoms with Crippen molar-refractivity contribution in [1.82, 2.24) is 9.97 Å². The van der Waals surface area contributed by atoms with Gasteiger partial charge in [-0.15, -0.1) is 0 Å². The number of halogens is 2. The summed E-state index contributed by atoms with van der Waals surface area (Å²) < 4.78 is 41.1. The lowest BCUT2D eigenvalue weighted by Crippen LogP contribution is -2.36. The van der Waals surface area contributed by atoms with E-state index in [2.05, 4.69) is 24.9 Å². The summed E-state index contributed by atoms with van der Waals surface area (Å²) >= 11 is 0. The first-order valence-corrected chi connectivity index (χ1v) is 9.25. The highest BCUT2D eigenvalue weighted by atomic mass is 19.3. The summed E-state index contributed by atoms with van der Waals surface area (Å²) in [6.45, 7) is 2.70. The molecular formula is C19H24F2N4O3. The predicted octanol–water partition coefficient (Wildman–Crippen LogP) is 3.32. The van der Waals surface area contributed by atoms with Crippen LogP contribution in [0.3, 0.4) is 0 Å². The Kier molecular flexibility index (Phi) is 7.18. The topological polar surface area (TPSA) is 68.7 Å². The van der Waals surface area contributed by atoms with Gasteiger partial charge in [-0.1, -0.05) is 6.92 Å². The third-order valence-corrected chi connectivity index (χ3v) is 4.18. The Morgan fingerprint density at radius 1 is 1.21 bits per heavy atom. The number of aromatic nitrogens is 2. The summed E-state index contributed by atoms with van der Waals surface area (Å²) in [5.41, 5.74) is 0.579. The average Bonchev–Trinajstić information content (AvgIpc) is 2.72. The molecule has 0 unspecified atom stereocenters. The molecule has 2 aromatic rings. The Hall–Kier alpha value is -2.68. The Morgan fingerprint density at radius 2 is 2.04 bits per heavy atom. The summed E-state index contributed by atoms with van der Waals surface area (Å²) in [5.74, 6) is 1.98. The first kappa shape index (κ1) is 20.1. The van der Waals surface area contributed by atoms with Gasteiger partial charge in [0.1, 0.15) is 29.5 Å². The summed E-state index contributed by atoms with van der Waals surface area (Å²) in [7, 11) is 0. The van der Waals surface area contributed by atoms with Crippen LogP contribution in [0.15, 0.2) is 30.6 Å². The summed E-state index contributed by atoms with van der Waals surface area (Å²) in [4.78, 5) is 10.6. The van der Waals surface area contributed by atoms with E-state index < -0.39 is 6.61 Å². The molecule has 0 amide bonds. The van der Waals surface area contributed by atoms with Crippen LogP contribution in [-0.2, 0) is 11.3 Å². The van der Waals surface area contributed by atoms with Gasteiger partial charge in [0.2, 0.25) is 0 Å². The number of alkyl halides is 2. The molecule has 1 N–H and O–H groups in total. The van der Waals surface area contributed by atoms with Gasteiger partial charge in [0, 0.05) is 37.3 Å². The van der Waals surface area contributed by atoms with Crippen molar-refractivity contribution in [2.24, 2.45) is 0 Å². The number of nitrogens with one attached hydrogen (secondary N) is 1. The van der Waals surface area contributed by atoms with Gasteiger partial charge >= 0.3 is 6.61 Å². The molecule has 0 aliphatic carbocycles. The molecule has 9 heteroatoms. The SMILES string of the molecule is CCCOc1ccc(CNc2cc(N3CCOCC3)ncn2)c(OC(F)F)c1. The van der Waals surface area contributed by atoms with E-state index in [1.165, 1.54) is 12.4 Å².